The molecule has 0 N–H and O–H groups in total. The van der Waals surface area contributed by atoms with Gasteiger partial charge in [0.15, 0.2) is 5.82 Å². The molecule has 0 aliphatic carbocycles. The van der Waals surface area contributed by atoms with Crippen LogP contribution < -0.4 is 0 Å². The summed E-state index contributed by atoms with van der Waals surface area (Å²) < 4.78 is 9.73. The maximum Gasteiger partial charge on any atom is 0.160 e. The number of para-hydroxylation sites is 6. The summed E-state index contributed by atoms with van der Waals surface area (Å²) in [6.07, 6.45) is 0. The highest BCUT2D eigenvalue weighted by Crippen LogP contribution is 2.44. The predicted octanol–water partition coefficient (Wildman–Crippen LogP) is 24.3. The van der Waals surface area contributed by atoms with Crippen LogP contribution in [0.5, 0.6) is 0 Å². The van der Waals surface area contributed by atoms with E-state index in [1.807, 2.05) is 0 Å². The van der Waals surface area contributed by atoms with Crippen molar-refractivity contribution < 1.29 is 0 Å². The lowest BCUT2D eigenvalue weighted by Gasteiger charge is -2.19. The van der Waals surface area contributed by atoms with E-state index in [0.717, 1.165) is 106 Å². The van der Waals surface area contributed by atoms with E-state index in [0.29, 0.717) is 5.82 Å². The molecule has 20 aromatic rings. The molecule has 5 heterocycles. The molecular weight excluding hydrogens is 1190 g/mol. The first kappa shape index (κ1) is 55.8. The van der Waals surface area contributed by atoms with Crippen molar-refractivity contribution >= 4 is 120 Å². The lowest BCUT2D eigenvalue weighted by molar-refractivity contribution is 0.591. The molecule has 6 heteroatoms. The third-order valence-electron chi connectivity index (χ3n) is 20.6. The maximum absolute atomic E-state index is 5.86. The number of aromatic nitrogens is 6. The van der Waals surface area contributed by atoms with Crippen molar-refractivity contribution in [2.45, 2.75) is 26.2 Å². The highest BCUT2D eigenvalue weighted by Gasteiger charge is 2.24. The summed E-state index contributed by atoms with van der Waals surface area (Å²) in [5.74, 6) is 0.642. The fourth-order valence-corrected chi connectivity index (χ4v) is 16.0. The van der Waals surface area contributed by atoms with E-state index < -0.39 is 0 Å². The summed E-state index contributed by atoms with van der Waals surface area (Å²) in [5.41, 5.74) is 23.0. The molecule has 0 aliphatic heterocycles. The Hall–Kier alpha value is -12.6. The van der Waals surface area contributed by atoms with Crippen LogP contribution in [0.2, 0.25) is 0 Å². The minimum atomic E-state index is 0.0167. The molecular formula is C92H62N6. The summed E-state index contributed by atoms with van der Waals surface area (Å²) in [5, 5.41) is 15.2. The molecule has 0 unspecified atom stereocenters. The van der Waals surface area contributed by atoms with Gasteiger partial charge in [0.25, 0.3) is 0 Å². The minimum absolute atomic E-state index is 0.0167. The van der Waals surface area contributed by atoms with Gasteiger partial charge in [-0.3, -0.25) is 0 Å². The van der Waals surface area contributed by atoms with E-state index in [9.17, 15) is 0 Å². The Morgan fingerprint density at radius 3 is 1.16 bits per heavy atom. The van der Waals surface area contributed by atoms with Gasteiger partial charge in [0.05, 0.1) is 55.3 Å². The summed E-state index contributed by atoms with van der Waals surface area (Å²) >= 11 is 0. The fourth-order valence-electron chi connectivity index (χ4n) is 16.0. The van der Waals surface area contributed by atoms with Crippen LogP contribution in [0.3, 0.4) is 0 Å². The molecule has 0 aliphatic rings. The van der Waals surface area contributed by atoms with Crippen molar-refractivity contribution in [1.82, 2.24) is 28.2 Å². The van der Waals surface area contributed by atoms with Gasteiger partial charge in [-0.25, -0.2) is 9.97 Å². The molecule has 0 saturated heterocycles. The highest BCUT2D eigenvalue weighted by atomic mass is 15.0. The van der Waals surface area contributed by atoms with Crippen LogP contribution in [0.15, 0.2) is 322 Å². The monoisotopic (exact) mass is 1250 g/mol. The summed E-state index contributed by atoms with van der Waals surface area (Å²) in [6, 6.07) is 119. The molecule has 15 aromatic carbocycles. The van der Waals surface area contributed by atoms with Gasteiger partial charge < -0.3 is 18.3 Å². The van der Waals surface area contributed by atoms with Crippen molar-refractivity contribution in [3.8, 4) is 67.6 Å². The summed E-state index contributed by atoms with van der Waals surface area (Å²) in [4.78, 5) is 11.5. The van der Waals surface area contributed by atoms with Gasteiger partial charge in [0.2, 0.25) is 0 Å². The molecule has 0 saturated carbocycles. The Labute approximate surface area is 565 Å². The van der Waals surface area contributed by atoms with Crippen LogP contribution in [-0.2, 0) is 5.41 Å². The zero-order valence-electron chi connectivity index (χ0n) is 54.3. The second kappa shape index (κ2) is 21.4. The first-order valence-corrected chi connectivity index (χ1v) is 33.9. The van der Waals surface area contributed by atoms with Crippen LogP contribution in [0.1, 0.15) is 26.3 Å². The van der Waals surface area contributed by atoms with Gasteiger partial charge in [0.1, 0.15) is 0 Å². The highest BCUT2D eigenvalue weighted by molar-refractivity contribution is 6.16. The average Bonchev–Trinajstić information content (AvgIpc) is 1.66. The Balaban J connectivity index is 0.836. The van der Waals surface area contributed by atoms with E-state index in [2.05, 4.69) is 361 Å². The topological polar surface area (TPSA) is 45.5 Å². The predicted molar refractivity (Wildman–Crippen MR) is 412 cm³/mol. The standard InChI is InChI=1S/C92H62N6/c1-92(2,3)66-42-36-58-48-64(35-34-59(58)49-66)90-89-71-25-11-10-20-57(71)39-45-80(89)93-91(94-90)65-50-69(97-81-30-16-12-26-72(81)76-43-37-62(54-87(76)97)60-40-46-85-78(52-60)74-28-14-18-32-83(74)95(85)67-21-6-4-7-22-67)56-70(51-65)98-82-31-17-13-27-73(82)77-44-38-63(55-88(77)98)61-41-47-86-79(53-61)75-29-15-19-33-84(75)96(86)68-23-8-5-9-24-68/h4-56H,1-3H3. The van der Waals surface area contributed by atoms with Gasteiger partial charge in [-0.15, -0.1) is 0 Å². The molecule has 0 radical (unpaired) electrons. The molecule has 0 atom stereocenters. The molecule has 0 bridgehead atoms. The van der Waals surface area contributed by atoms with Crippen LogP contribution in [0, 0.1) is 0 Å². The number of benzene rings is 15. The van der Waals surface area contributed by atoms with E-state index in [4.69, 9.17) is 9.97 Å². The maximum atomic E-state index is 5.86. The number of hydrogen-bond donors (Lipinski definition) is 0. The minimum Gasteiger partial charge on any atom is -0.309 e. The van der Waals surface area contributed by atoms with Gasteiger partial charge in [-0.05, 0) is 170 Å². The number of fused-ring (bicyclic) bond motifs is 16. The van der Waals surface area contributed by atoms with Crippen LogP contribution >= 0.6 is 0 Å². The largest absolute Gasteiger partial charge is 0.309 e. The number of rotatable bonds is 8. The quantitative estimate of drug-likeness (QED) is 0.142. The summed E-state index contributed by atoms with van der Waals surface area (Å²) in [6.45, 7) is 6.84. The summed E-state index contributed by atoms with van der Waals surface area (Å²) in [7, 11) is 0. The Morgan fingerprint density at radius 1 is 0.235 bits per heavy atom. The zero-order valence-corrected chi connectivity index (χ0v) is 54.3. The first-order valence-electron chi connectivity index (χ1n) is 33.9. The average molecular weight is 1250 g/mol. The number of nitrogens with zero attached hydrogens (tertiary/aromatic N) is 6. The van der Waals surface area contributed by atoms with Crippen LogP contribution in [0.25, 0.3) is 187 Å². The van der Waals surface area contributed by atoms with Crippen molar-refractivity contribution in [2.24, 2.45) is 0 Å². The second-order valence-electron chi connectivity index (χ2n) is 27.4. The SMILES string of the molecule is CC(C)(C)c1ccc2cc(-c3nc(-c4cc(-n5c6ccccc6c6ccc(-c7ccc8c(c7)c7ccccc7n8-c7ccccc7)cc65)cc(-n5c6ccccc6c6ccc(-c7ccc8c(c7)c7ccccc7n8-c7ccccc7)cc65)c4)nc4ccc5ccccc5c34)ccc2c1. The lowest BCUT2D eigenvalue weighted by atomic mass is 9.85. The van der Waals surface area contributed by atoms with Crippen molar-refractivity contribution in [3.63, 3.8) is 0 Å². The third kappa shape index (κ3) is 8.67. The smallest absolute Gasteiger partial charge is 0.160 e. The van der Waals surface area contributed by atoms with Crippen molar-refractivity contribution in [3.05, 3.63) is 327 Å². The Kier molecular flexibility index (Phi) is 12.2. The van der Waals surface area contributed by atoms with Crippen molar-refractivity contribution in [1.29, 1.82) is 0 Å². The molecule has 6 nitrogen and oxygen atoms in total. The van der Waals surface area contributed by atoms with Gasteiger partial charge in [-0.1, -0.05) is 227 Å². The Morgan fingerprint density at radius 2 is 0.633 bits per heavy atom. The van der Waals surface area contributed by atoms with Gasteiger partial charge in [-0.2, -0.15) is 0 Å². The van der Waals surface area contributed by atoms with E-state index in [1.54, 1.807) is 0 Å². The molecule has 20 rings (SSSR count). The van der Waals surface area contributed by atoms with E-state index >= 15 is 0 Å². The van der Waals surface area contributed by atoms with Crippen LogP contribution in [-0.4, -0.2) is 28.2 Å². The van der Waals surface area contributed by atoms with Gasteiger partial charge >= 0.3 is 0 Å². The van der Waals surface area contributed by atoms with Gasteiger partial charge in [0, 0.05) is 82.4 Å². The molecule has 0 amide bonds. The number of hydrogen-bond acceptors (Lipinski definition) is 2. The van der Waals surface area contributed by atoms with E-state index in [-0.39, 0.29) is 5.41 Å². The molecule has 98 heavy (non-hydrogen) atoms. The molecule has 5 aromatic heterocycles. The van der Waals surface area contributed by atoms with E-state index in [1.165, 1.54) is 81.5 Å². The first-order chi connectivity index (χ1) is 48.2. The fraction of sp³-hybridized carbons (Fsp3) is 0.0435. The van der Waals surface area contributed by atoms with Crippen LogP contribution in [0.4, 0.5) is 0 Å². The van der Waals surface area contributed by atoms with Crippen molar-refractivity contribution in [2.75, 3.05) is 0 Å². The Bertz CT molecular complexity index is 6420. The zero-order chi connectivity index (χ0) is 64.9. The lowest BCUT2D eigenvalue weighted by Crippen LogP contribution is -2.10. The molecule has 0 spiro atoms. The second-order valence-corrected chi connectivity index (χ2v) is 27.4. The normalized spacial score (nSPS) is 12.2. The third-order valence-corrected chi connectivity index (χ3v) is 20.6. The molecule has 460 valence electrons. The molecule has 0 fully saturated rings.